The van der Waals surface area contributed by atoms with Crippen molar-refractivity contribution in [2.75, 3.05) is 0 Å². The van der Waals surface area contributed by atoms with Crippen molar-refractivity contribution in [2.24, 2.45) is 10.2 Å². The minimum absolute atomic E-state index is 0.0917. The van der Waals surface area contributed by atoms with Crippen LogP contribution in [0.2, 0.25) is 0 Å². The quantitative estimate of drug-likeness (QED) is 0.499. The van der Waals surface area contributed by atoms with Gasteiger partial charge < -0.3 is 10.2 Å². The van der Waals surface area contributed by atoms with E-state index < -0.39 is 11.7 Å². The average Bonchev–Trinajstić information content (AvgIpc) is 2.66. The number of benzene rings is 3. The Kier molecular flexibility index (Phi) is 3.78. The van der Waals surface area contributed by atoms with E-state index in [0.717, 1.165) is 5.39 Å². The number of nitrogens with zero attached hydrogens (tertiary/aromatic N) is 3. The summed E-state index contributed by atoms with van der Waals surface area (Å²) in [5, 5.41) is 30.2. The molecule has 0 bridgehead atoms. The van der Waals surface area contributed by atoms with Crippen LogP contribution in [0.15, 0.2) is 77.1 Å². The number of aromatic hydroxyl groups is 1. The van der Waals surface area contributed by atoms with Crippen LogP contribution >= 0.6 is 0 Å². The number of carbonyl (C=O) groups is 1. The maximum Gasteiger partial charge on any atom is 0.340 e. The first kappa shape index (κ1) is 15.7. The highest BCUT2D eigenvalue weighted by atomic mass is 16.4. The molecule has 0 radical (unpaired) electrons. The van der Waals surface area contributed by atoms with E-state index in [2.05, 4.69) is 15.2 Å². The standard InChI is InChI=1S/C20H13N3O3/c24-19-16(11-13-5-1-2-8-14(13)17(19)20(25)26)23-22-15-9-3-6-12-7-4-10-21-18(12)15/h1-11,24H,(H,25,26). The summed E-state index contributed by atoms with van der Waals surface area (Å²) in [7, 11) is 0. The average molecular weight is 343 g/mol. The number of hydrogen-bond donors (Lipinski definition) is 2. The summed E-state index contributed by atoms with van der Waals surface area (Å²) < 4.78 is 0. The van der Waals surface area contributed by atoms with Crippen molar-refractivity contribution in [1.29, 1.82) is 0 Å². The van der Waals surface area contributed by atoms with Gasteiger partial charge in [-0.3, -0.25) is 4.98 Å². The Morgan fingerprint density at radius 1 is 0.885 bits per heavy atom. The van der Waals surface area contributed by atoms with Crippen LogP contribution in [0.4, 0.5) is 11.4 Å². The number of fused-ring (bicyclic) bond motifs is 2. The summed E-state index contributed by atoms with van der Waals surface area (Å²) in [6, 6.07) is 17.8. The molecule has 0 saturated carbocycles. The lowest BCUT2D eigenvalue weighted by Crippen LogP contribution is -1.98. The van der Waals surface area contributed by atoms with Gasteiger partial charge in [0.15, 0.2) is 5.75 Å². The number of phenols is 1. The molecule has 126 valence electrons. The van der Waals surface area contributed by atoms with Crippen LogP contribution in [0.5, 0.6) is 5.75 Å². The van der Waals surface area contributed by atoms with E-state index in [4.69, 9.17) is 0 Å². The Hall–Kier alpha value is -3.80. The number of rotatable bonds is 3. The Balaban J connectivity index is 1.88. The number of hydrogen-bond acceptors (Lipinski definition) is 5. The topological polar surface area (TPSA) is 95.1 Å². The van der Waals surface area contributed by atoms with Crippen molar-refractivity contribution in [3.63, 3.8) is 0 Å². The zero-order valence-corrected chi connectivity index (χ0v) is 13.5. The van der Waals surface area contributed by atoms with Gasteiger partial charge in [-0.1, -0.05) is 42.5 Å². The zero-order valence-electron chi connectivity index (χ0n) is 13.5. The number of aromatic carboxylic acids is 1. The first-order chi connectivity index (χ1) is 12.6. The van der Waals surface area contributed by atoms with Gasteiger partial charge in [0.2, 0.25) is 0 Å². The third kappa shape index (κ3) is 2.63. The van der Waals surface area contributed by atoms with Crippen LogP contribution in [-0.2, 0) is 0 Å². The molecule has 26 heavy (non-hydrogen) atoms. The second-order valence-corrected chi connectivity index (χ2v) is 5.70. The maximum atomic E-state index is 11.6. The van der Waals surface area contributed by atoms with Crippen molar-refractivity contribution >= 4 is 39.0 Å². The summed E-state index contributed by atoms with van der Waals surface area (Å²) in [5.41, 5.74) is 1.12. The molecule has 6 heteroatoms. The fourth-order valence-electron chi connectivity index (χ4n) is 2.89. The lowest BCUT2D eigenvalue weighted by Gasteiger charge is -2.07. The first-order valence-electron chi connectivity index (χ1n) is 7.88. The number of aromatic nitrogens is 1. The summed E-state index contributed by atoms with van der Waals surface area (Å²) >= 11 is 0. The molecule has 3 aromatic carbocycles. The molecule has 0 unspecified atom stereocenters. The number of carboxylic acids is 1. The lowest BCUT2D eigenvalue weighted by atomic mass is 10.0. The normalized spacial score (nSPS) is 11.4. The van der Waals surface area contributed by atoms with Crippen LogP contribution in [0.1, 0.15) is 10.4 Å². The van der Waals surface area contributed by atoms with Crippen molar-refractivity contribution in [2.45, 2.75) is 0 Å². The molecule has 1 aromatic heterocycles. The number of para-hydroxylation sites is 1. The van der Waals surface area contributed by atoms with Gasteiger partial charge in [-0.05, 0) is 23.6 Å². The second kappa shape index (κ2) is 6.25. The molecular formula is C20H13N3O3. The van der Waals surface area contributed by atoms with E-state index in [1.165, 1.54) is 0 Å². The SMILES string of the molecule is O=C(O)c1c(O)c(N=Nc2cccc3cccnc23)cc2ccccc12. The Morgan fingerprint density at radius 2 is 1.62 bits per heavy atom. The monoisotopic (exact) mass is 343 g/mol. The lowest BCUT2D eigenvalue weighted by molar-refractivity contribution is 0.0696. The molecule has 4 rings (SSSR count). The third-order valence-electron chi connectivity index (χ3n) is 4.09. The van der Waals surface area contributed by atoms with Crippen LogP contribution in [0.3, 0.4) is 0 Å². The third-order valence-corrected chi connectivity index (χ3v) is 4.09. The van der Waals surface area contributed by atoms with Gasteiger partial charge in [0.25, 0.3) is 0 Å². The van der Waals surface area contributed by atoms with Crippen LogP contribution in [0.25, 0.3) is 21.7 Å². The molecule has 0 spiro atoms. The van der Waals surface area contributed by atoms with Gasteiger partial charge in [0.1, 0.15) is 16.9 Å². The fraction of sp³-hybridized carbons (Fsp3) is 0. The van der Waals surface area contributed by atoms with Gasteiger partial charge >= 0.3 is 5.97 Å². The van der Waals surface area contributed by atoms with E-state index in [9.17, 15) is 15.0 Å². The molecule has 2 N–H and O–H groups in total. The molecule has 0 fully saturated rings. The molecule has 0 aliphatic heterocycles. The highest BCUT2D eigenvalue weighted by molar-refractivity contribution is 6.08. The predicted octanol–water partition coefficient (Wildman–Crippen LogP) is 5.21. The highest BCUT2D eigenvalue weighted by Crippen LogP contribution is 2.38. The van der Waals surface area contributed by atoms with Gasteiger partial charge in [0, 0.05) is 17.0 Å². The van der Waals surface area contributed by atoms with E-state index in [-0.39, 0.29) is 11.3 Å². The zero-order chi connectivity index (χ0) is 18.1. The van der Waals surface area contributed by atoms with E-state index in [1.807, 2.05) is 24.3 Å². The molecule has 0 amide bonds. The predicted molar refractivity (Wildman–Crippen MR) is 98.5 cm³/mol. The summed E-state index contributed by atoms with van der Waals surface area (Å²) in [4.78, 5) is 15.9. The smallest absolute Gasteiger partial charge is 0.340 e. The van der Waals surface area contributed by atoms with Gasteiger partial charge in [-0.15, -0.1) is 10.2 Å². The number of carboxylic acid groups (broad SMARTS) is 1. The molecule has 0 aliphatic rings. The van der Waals surface area contributed by atoms with Crippen molar-refractivity contribution in [3.8, 4) is 5.75 Å². The largest absolute Gasteiger partial charge is 0.505 e. The van der Waals surface area contributed by atoms with Crippen LogP contribution in [0, 0.1) is 0 Å². The van der Waals surface area contributed by atoms with Crippen LogP contribution < -0.4 is 0 Å². The first-order valence-corrected chi connectivity index (χ1v) is 7.88. The van der Waals surface area contributed by atoms with Crippen molar-refractivity contribution in [1.82, 2.24) is 4.98 Å². The van der Waals surface area contributed by atoms with Crippen molar-refractivity contribution in [3.05, 3.63) is 72.4 Å². The van der Waals surface area contributed by atoms with E-state index >= 15 is 0 Å². The molecule has 1 heterocycles. The minimum atomic E-state index is -1.22. The summed E-state index contributed by atoms with van der Waals surface area (Å²) in [6.07, 6.45) is 1.66. The maximum absolute atomic E-state index is 11.6. The Labute approximate surface area is 148 Å². The van der Waals surface area contributed by atoms with E-state index in [1.54, 1.807) is 42.6 Å². The van der Waals surface area contributed by atoms with Gasteiger partial charge in [-0.25, -0.2) is 4.79 Å². The Bertz CT molecular complexity index is 1180. The van der Waals surface area contributed by atoms with Crippen LogP contribution in [-0.4, -0.2) is 21.2 Å². The fourth-order valence-corrected chi connectivity index (χ4v) is 2.89. The van der Waals surface area contributed by atoms with E-state index in [0.29, 0.717) is 22.0 Å². The van der Waals surface area contributed by atoms with Gasteiger partial charge in [-0.2, -0.15) is 0 Å². The molecular weight excluding hydrogens is 330 g/mol. The summed E-state index contributed by atoms with van der Waals surface area (Å²) in [6.45, 7) is 0. The number of azo groups is 1. The molecule has 0 aliphatic carbocycles. The van der Waals surface area contributed by atoms with Crippen molar-refractivity contribution < 1.29 is 15.0 Å². The molecule has 4 aromatic rings. The Morgan fingerprint density at radius 3 is 2.46 bits per heavy atom. The molecule has 0 saturated heterocycles. The highest BCUT2D eigenvalue weighted by Gasteiger charge is 2.18. The summed E-state index contributed by atoms with van der Waals surface area (Å²) in [5.74, 6) is -1.63. The number of pyridine rings is 1. The molecule has 0 atom stereocenters. The van der Waals surface area contributed by atoms with Gasteiger partial charge in [0.05, 0.1) is 5.52 Å². The minimum Gasteiger partial charge on any atom is -0.505 e. The molecule has 6 nitrogen and oxygen atoms in total. The second-order valence-electron chi connectivity index (χ2n) is 5.70.